The van der Waals surface area contributed by atoms with E-state index in [2.05, 4.69) is 16.0 Å². The maximum Gasteiger partial charge on any atom is 0.272 e. The predicted molar refractivity (Wildman–Crippen MR) is 170 cm³/mol. The van der Waals surface area contributed by atoms with E-state index < -0.39 is 22.0 Å². The lowest BCUT2D eigenvalue weighted by molar-refractivity contribution is -0.384. The van der Waals surface area contributed by atoms with Crippen LogP contribution in [0.3, 0.4) is 0 Å². The van der Waals surface area contributed by atoms with Crippen LogP contribution in [0.15, 0.2) is 108 Å². The molecule has 3 amide bonds. The Morgan fingerprint density at radius 3 is 2.30 bits per heavy atom. The number of hydrogen-bond acceptors (Lipinski definition) is 6. The Bertz CT molecular complexity index is 1700. The number of non-ortho nitro benzene ring substituents is 1. The molecule has 0 saturated carbocycles. The van der Waals surface area contributed by atoms with Crippen LogP contribution in [-0.4, -0.2) is 27.9 Å². The van der Waals surface area contributed by atoms with Crippen LogP contribution in [0.5, 0.6) is 0 Å². The van der Waals surface area contributed by atoms with Crippen molar-refractivity contribution in [3.63, 3.8) is 0 Å². The molecule has 0 aliphatic carbocycles. The fraction of sp³-hybridized carbons (Fsp3) is 0.121. The zero-order valence-electron chi connectivity index (χ0n) is 23.8. The van der Waals surface area contributed by atoms with Gasteiger partial charge in [0.25, 0.3) is 17.5 Å². The van der Waals surface area contributed by atoms with Crippen molar-refractivity contribution < 1.29 is 19.3 Å². The van der Waals surface area contributed by atoms with Gasteiger partial charge in [0.15, 0.2) is 0 Å². The number of nitro groups is 1. The van der Waals surface area contributed by atoms with Crippen molar-refractivity contribution in [1.82, 2.24) is 5.32 Å². The zero-order chi connectivity index (χ0) is 30.9. The van der Waals surface area contributed by atoms with Gasteiger partial charge in [-0.1, -0.05) is 54.1 Å². The van der Waals surface area contributed by atoms with Gasteiger partial charge in [-0.25, -0.2) is 0 Å². The summed E-state index contributed by atoms with van der Waals surface area (Å²) in [6.45, 7) is 5.38. The third-order valence-electron chi connectivity index (χ3n) is 6.33. The number of carbonyl (C=O) groups excluding carboxylic acids is 3. The van der Waals surface area contributed by atoms with Crippen molar-refractivity contribution in [1.29, 1.82) is 0 Å². The molecule has 10 heteroatoms. The fourth-order valence-corrected chi connectivity index (χ4v) is 5.03. The van der Waals surface area contributed by atoms with Crippen LogP contribution < -0.4 is 16.0 Å². The summed E-state index contributed by atoms with van der Waals surface area (Å²) in [5, 5.41) is 18.9. The Morgan fingerprint density at radius 1 is 0.860 bits per heavy atom. The molecule has 0 aliphatic heterocycles. The molecule has 9 nitrogen and oxygen atoms in total. The van der Waals surface area contributed by atoms with Gasteiger partial charge in [0.05, 0.1) is 10.2 Å². The van der Waals surface area contributed by atoms with E-state index in [-0.39, 0.29) is 17.3 Å². The highest BCUT2D eigenvalue weighted by molar-refractivity contribution is 8.00. The first-order valence-corrected chi connectivity index (χ1v) is 14.3. The summed E-state index contributed by atoms with van der Waals surface area (Å²) in [6, 6.07) is 27.5. The number of nitro benzene ring substituents is 1. The molecule has 0 aliphatic rings. The van der Waals surface area contributed by atoms with Crippen LogP contribution in [0.25, 0.3) is 6.08 Å². The van der Waals surface area contributed by atoms with Crippen molar-refractivity contribution in [2.24, 2.45) is 0 Å². The summed E-state index contributed by atoms with van der Waals surface area (Å²) in [7, 11) is 0. The molecule has 43 heavy (non-hydrogen) atoms. The molecular weight excluding hydrogens is 564 g/mol. The van der Waals surface area contributed by atoms with Crippen LogP contribution >= 0.6 is 11.8 Å². The SMILES string of the molecule is Cc1cccc(/C=C(/NC(=O)c2ccccc2)C(=O)Nc2cccc(SC(C)C(=O)Nc3ccc([N+](=O)[O-])cc3C)c2)c1. The van der Waals surface area contributed by atoms with E-state index >= 15 is 0 Å². The Morgan fingerprint density at radius 2 is 1.60 bits per heavy atom. The van der Waals surface area contributed by atoms with Gasteiger partial charge in [-0.05, 0) is 74.4 Å². The highest BCUT2D eigenvalue weighted by atomic mass is 32.2. The van der Waals surface area contributed by atoms with Gasteiger partial charge in [-0.3, -0.25) is 24.5 Å². The van der Waals surface area contributed by atoms with Crippen molar-refractivity contribution in [2.75, 3.05) is 10.6 Å². The first-order valence-electron chi connectivity index (χ1n) is 13.4. The van der Waals surface area contributed by atoms with Crippen molar-refractivity contribution in [3.8, 4) is 0 Å². The molecule has 3 N–H and O–H groups in total. The minimum absolute atomic E-state index is 0.0479. The molecule has 0 fully saturated rings. The smallest absolute Gasteiger partial charge is 0.272 e. The molecule has 0 aromatic heterocycles. The standard InChI is InChI=1S/C33H30N4O5S/c1-21-9-7-10-24(17-21)19-30(36-32(39)25-11-5-4-6-12-25)33(40)34-26-13-8-14-28(20-26)43-23(3)31(38)35-29-16-15-27(37(41)42)18-22(29)2/h4-20,23H,1-3H3,(H,34,40)(H,35,38)(H,36,39)/b30-19+. The van der Waals surface area contributed by atoms with E-state index in [1.54, 1.807) is 68.5 Å². The van der Waals surface area contributed by atoms with Crippen molar-refractivity contribution >= 4 is 52.6 Å². The number of nitrogens with zero attached hydrogens (tertiary/aromatic N) is 1. The Labute approximate surface area is 253 Å². The third kappa shape index (κ3) is 8.64. The van der Waals surface area contributed by atoms with Crippen LogP contribution in [0.4, 0.5) is 17.1 Å². The number of rotatable bonds is 10. The summed E-state index contributed by atoms with van der Waals surface area (Å²) in [6.07, 6.45) is 1.62. The number of thioether (sulfide) groups is 1. The summed E-state index contributed by atoms with van der Waals surface area (Å²) in [4.78, 5) is 50.4. The maximum absolute atomic E-state index is 13.4. The molecule has 0 spiro atoms. The average Bonchev–Trinajstić information content (AvgIpc) is 2.98. The second-order valence-corrected chi connectivity index (χ2v) is 11.2. The van der Waals surface area contributed by atoms with E-state index in [1.165, 1.54) is 30.0 Å². The molecule has 1 unspecified atom stereocenters. The molecule has 4 aromatic rings. The number of anilines is 2. The van der Waals surface area contributed by atoms with Crippen molar-refractivity contribution in [3.05, 3.63) is 135 Å². The molecule has 1 atom stereocenters. The Balaban J connectivity index is 1.47. The van der Waals surface area contributed by atoms with Gasteiger partial charge in [0, 0.05) is 34.0 Å². The molecule has 0 heterocycles. The number of amides is 3. The van der Waals surface area contributed by atoms with E-state index in [1.807, 2.05) is 37.3 Å². The molecule has 0 radical (unpaired) electrons. The lowest BCUT2D eigenvalue weighted by Crippen LogP contribution is -2.30. The van der Waals surface area contributed by atoms with E-state index in [4.69, 9.17) is 0 Å². The molecule has 4 rings (SSSR count). The topological polar surface area (TPSA) is 130 Å². The monoisotopic (exact) mass is 594 g/mol. The van der Waals surface area contributed by atoms with Crippen LogP contribution in [0.2, 0.25) is 0 Å². The number of aryl methyl sites for hydroxylation is 2. The van der Waals surface area contributed by atoms with E-state index in [0.29, 0.717) is 22.5 Å². The van der Waals surface area contributed by atoms with Crippen molar-refractivity contribution in [2.45, 2.75) is 30.9 Å². The van der Waals surface area contributed by atoms with Crippen LogP contribution in [-0.2, 0) is 9.59 Å². The molecule has 218 valence electrons. The predicted octanol–water partition coefficient (Wildman–Crippen LogP) is 6.74. The number of carbonyl (C=O) groups is 3. The summed E-state index contributed by atoms with van der Waals surface area (Å²) >= 11 is 1.29. The third-order valence-corrected chi connectivity index (χ3v) is 7.43. The second kappa shape index (κ2) is 14.1. The Kier molecular flexibility index (Phi) is 10.1. The first kappa shape index (κ1) is 30.7. The maximum atomic E-state index is 13.4. The first-order chi connectivity index (χ1) is 20.6. The zero-order valence-corrected chi connectivity index (χ0v) is 24.6. The van der Waals surface area contributed by atoms with Crippen LogP contribution in [0.1, 0.15) is 34.0 Å². The Hall–Kier alpha value is -5.22. The summed E-state index contributed by atoms with van der Waals surface area (Å²) in [5.41, 5.74) is 3.77. The fourth-order valence-electron chi connectivity index (χ4n) is 4.11. The number of nitrogens with one attached hydrogen (secondary N) is 3. The summed E-state index contributed by atoms with van der Waals surface area (Å²) in [5.74, 6) is -1.20. The lowest BCUT2D eigenvalue weighted by Gasteiger charge is -2.15. The number of benzene rings is 4. The van der Waals surface area contributed by atoms with E-state index in [9.17, 15) is 24.5 Å². The van der Waals surface area contributed by atoms with Gasteiger partial charge < -0.3 is 16.0 Å². The van der Waals surface area contributed by atoms with Gasteiger partial charge in [0.1, 0.15) is 5.70 Å². The molecule has 0 saturated heterocycles. The number of hydrogen-bond donors (Lipinski definition) is 3. The van der Waals surface area contributed by atoms with Gasteiger partial charge in [-0.15, -0.1) is 11.8 Å². The lowest BCUT2D eigenvalue weighted by atomic mass is 10.1. The molecule has 4 aromatic carbocycles. The minimum Gasteiger partial charge on any atom is -0.325 e. The van der Waals surface area contributed by atoms with Crippen LogP contribution in [0, 0.1) is 24.0 Å². The second-order valence-electron chi connectivity index (χ2n) is 9.78. The largest absolute Gasteiger partial charge is 0.325 e. The van der Waals surface area contributed by atoms with Gasteiger partial charge in [0.2, 0.25) is 5.91 Å². The normalized spacial score (nSPS) is 11.7. The van der Waals surface area contributed by atoms with Gasteiger partial charge in [-0.2, -0.15) is 0 Å². The summed E-state index contributed by atoms with van der Waals surface area (Å²) < 4.78 is 0. The quantitative estimate of drug-likeness (QED) is 0.0807. The van der Waals surface area contributed by atoms with E-state index in [0.717, 1.165) is 16.0 Å². The molecular formula is C33H30N4O5S. The van der Waals surface area contributed by atoms with Gasteiger partial charge >= 0.3 is 0 Å². The minimum atomic E-state index is -0.512. The highest BCUT2D eigenvalue weighted by Crippen LogP contribution is 2.28. The molecule has 0 bridgehead atoms. The highest BCUT2D eigenvalue weighted by Gasteiger charge is 2.18. The average molecular weight is 595 g/mol.